The van der Waals surface area contributed by atoms with E-state index < -0.39 is 0 Å². The van der Waals surface area contributed by atoms with Gasteiger partial charge in [-0.05, 0) is 49.1 Å². The first-order valence-electron chi connectivity index (χ1n) is 8.76. The molecule has 0 atom stereocenters. The van der Waals surface area contributed by atoms with Gasteiger partial charge in [-0.25, -0.2) is 0 Å². The van der Waals surface area contributed by atoms with Crippen molar-refractivity contribution in [3.63, 3.8) is 0 Å². The summed E-state index contributed by atoms with van der Waals surface area (Å²) in [4.78, 5) is 2.33. The minimum Gasteiger partial charge on any atom is -0.472 e. The average Bonchev–Trinajstić information content (AvgIpc) is 2.61. The molecule has 0 saturated heterocycles. The Morgan fingerprint density at radius 3 is 2.28 bits per heavy atom. The molecule has 0 aromatic heterocycles. The van der Waals surface area contributed by atoms with E-state index in [-0.39, 0.29) is 0 Å². The Labute approximate surface area is 149 Å². The molecule has 0 N–H and O–H groups in total. The second kappa shape index (κ2) is 6.29. The monoisotopic (exact) mass is 329 g/mol. The van der Waals surface area contributed by atoms with E-state index in [1.54, 1.807) is 0 Å². The summed E-state index contributed by atoms with van der Waals surface area (Å²) in [6.45, 7) is 7.96. The largest absolute Gasteiger partial charge is 0.472 e. The molecule has 4 rings (SSSR count). The zero-order valence-corrected chi connectivity index (χ0v) is 15.0. The highest BCUT2D eigenvalue weighted by Gasteiger charge is 2.23. The van der Waals surface area contributed by atoms with E-state index in [0.717, 1.165) is 12.3 Å². The van der Waals surface area contributed by atoms with Gasteiger partial charge in [-0.15, -0.1) is 0 Å². The first kappa shape index (κ1) is 15.8. The third kappa shape index (κ3) is 2.89. The van der Waals surface area contributed by atoms with Crippen LogP contribution >= 0.6 is 0 Å². The highest BCUT2D eigenvalue weighted by Crippen LogP contribution is 2.39. The van der Waals surface area contributed by atoms with Crippen LogP contribution in [0.3, 0.4) is 0 Å². The fraction of sp³-hybridized carbons (Fsp3) is 0.217. The van der Waals surface area contributed by atoms with Crippen molar-refractivity contribution in [2.75, 3.05) is 11.6 Å². The molecule has 2 nitrogen and oxygen atoms in total. The van der Waals surface area contributed by atoms with Gasteiger partial charge >= 0.3 is 0 Å². The van der Waals surface area contributed by atoms with Crippen LogP contribution in [-0.2, 0) is 6.54 Å². The van der Waals surface area contributed by atoms with Crippen LogP contribution < -0.4 is 9.64 Å². The van der Waals surface area contributed by atoms with Gasteiger partial charge in [0.15, 0.2) is 6.73 Å². The van der Waals surface area contributed by atoms with Gasteiger partial charge in [-0.2, -0.15) is 0 Å². The first-order chi connectivity index (χ1) is 12.1. The molecule has 0 radical (unpaired) electrons. The van der Waals surface area contributed by atoms with Crippen molar-refractivity contribution in [2.24, 2.45) is 0 Å². The third-order valence-corrected chi connectivity index (χ3v) is 4.88. The van der Waals surface area contributed by atoms with Gasteiger partial charge in [-0.1, -0.05) is 54.6 Å². The van der Waals surface area contributed by atoms with Crippen molar-refractivity contribution >= 4 is 5.69 Å². The van der Waals surface area contributed by atoms with Crippen LogP contribution in [0.15, 0.2) is 60.7 Å². The molecule has 0 amide bonds. The molecule has 25 heavy (non-hydrogen) atoms. The zero-order chi connectivity index (χ0) is 17.4. The molecule has 126 valence electrons. The van der Waals surface area contributed by atoms with Crippen LogP contribution in [0, 0.1) is 20.8 Å². The van der Waals surface area contributed by atoms with E-state index in [4.69, 9.17) is 4.74 Å². The number of hydrogen-bond donors (Lipinski definition) is 0. The maximum Gasteiger partial charge on any atom is 0.161 e. The van der Waals surface area contributed by atoms with E-state index in [1.165, 1.54) is 39.1 Å². The molecule has 2 heteroatoms. The molecule has 0 unspecified atom stereocenters. The molecule has 0 spiro atoms. The number of benzene rings is 3. The number of fused-ring (bicyclic) bond motifs is 1. The van der Waals surface area contributed by atoms with Gasteiger partial charge in [-0.3, -0.25) is 0 Å². The van der Waals surface area contributed by atoms with Crippen LogP contribution in [0.25, 0.3) is 11.1 Å². The number of aryl methyl sites for hydroxylation is 3. The summed E-state index contributed by atoms with van der Waals surface area (Å²) in [5, 5.41) is 0. The standard InChI is InChI=1S/C23H23NO/c1-16-12-20-14-24(22-17(2)8-7-9-18(22)3)15-25-23(20)21(13-16)19-10-5-4-6-11-19/h4-13H,14-15H2,1-3H3. The van der Waals surface area contributed by atoms with Crippen molar-refractivity contribution < 1.29 is 4.74 Å². The molecular weight excluding hydrogens is 306 g/mol. The number of rotatable bonds is 2. The molecule has 3 aromatic carbocycles. The Morgan fingerprint density at radius 1 is 0.840 bits per heavy atom. The maximum atomic E-state index is 6.27. The highest BCUT2D eigenvalue weighted by atomic mass is 16.5. The van der Waals surface area contributed by atoms with Crippen LogP contribution in [0.1, 0.15) is 22.3 Å². The van der Waals surface area contributed by atoms with Crippen LogP contribution in [-0.4, -0.2) is 6.73 Å². The SMILES string of the molecule is Cc1cc2c(c(-c3ccccc3)c1)OCN(c1c(C)cccc1C)C2. The number of para-hydroxylation sites is 1. The quantitative estimate of drug-likeness (QED) is 0.603. The lowest BCUT2D eigenvalue weighted by Gasteiger charge is -2.34. The lowest BCUT2D eigenvalue weighted by molar-refractivity contribution is 0.290. The van der Waals surface area contributed by atoms with E-state index >= 15 is 0 Å². The van der Waals surface area contributed by atoms with E-state index in [2.05, 4.69) is 86.3 Å². The normalized spacial score (nSPS) is 13.3. The van der Waals surface area contributed by atoms with Crippen LogP contribution in [0.5, 0.6) is 5.75 Å². The smallest absolute Gasteiger partial charge is 0.161 e. The van der Waals surface area contributed by atoms with Crippen LogP contribution in [0.4, 0.5) is 5.69 Å². The summed E-state index contributed by atoms with van der Waals surface area (Å²) in [6.07, 6.45) is 0. The lowest BCUT2D eigenvalue weighted by Crippen LogP contribution is -2.33. The van der Waals surface area contributed by atoms with E-state index in [0.29, 0.717) is 6.73 Å². The molecule has 0 bridgehead atoms. The lowest BCUT2D eigenvalue weighted by atomic mass is 9.97. The van der Waals surface area contributed by atoms with E-state index in [9.17, 15) is 0 Å². The van der Waals surface area contributed by atoms with E-state index in [1.807, 2.05) is 0 Å². The number of ether oxygens (including phenoxy) is 1. The maximum absolute atomic E-state index is 6.27. The summed E-state index contributed by atoms with van der Waals surface area (Å²) in [6, 6.07) is 21.4. The summed E-state index contributed by atoms with van der Waals surface area (Å²) in [5.41, 5.74) is 8.80. The van der Waals surface area contributed by atoms with Crippen molar-refractivity contribution in [2.45, 2.75) is 27.3 Å². The third-order valence-electron chi connectivity index (χ3n) is 4.88. The molecule has 1 heterocycles. The van der Waals surface area contributed by atoms with Gasteiger partial charge < -0.3 is 9.64 Å². The molecular formula is C23H23NO. The second-order valence-electron chi connectivity index (χ2n) is 6.88. The molecule has 1 aliphatic rings. The van der Waals surface area contributed by atoms with Gasteiger partial charge in [0.05, 0.1) is 0 Å². The van der Waals surface area contributed by atoms with Crippen LogP contribution in [0.2, 0.25) is 0 Å². The Bertz CT molecular complexity index is 895. The topological polar surface area (TPSA) is 12.5 Å². The fourth-order valence-electron chi connectivity index (χ4n) is 3.81. The summed E-state index contributed by atoms with van der Waals surface area (Å²) >= 11 is 0. The molecule has 0 saturated carbocycles. The molecule has 3 aromatic rings. The fourth-order valence-corrected chi connectivity index (χ4v) is 3.81. The summed E-state index contributed by atoms with van der Waals surface area (Å²) in [7, 11) is 0. The van der Waals surface area contributed by atoms with Crippen molar-refractivity contribution in [1.29, 1.82) is 0 Å². The summed E-state index contributed by atoms with van der Waals surface area (Å²) < 4.78 is 6.27. The van der Waals surface area contributed by atoms with Crippen molar-refractivity contribution in [1.82, 2.24) is 0 Å². The van der Waals surface area contributed by atoms with Gasteiger partial charge in [0.2, 0.25) is 0 Å². The highest BCUT2D eigenvalue weighted by molar-refractivity contribution is 5.74. The van der Waals surface area contributed by atoms with Gasteiger partial charge in [0.25, 0.3) is 0 Å². The first-order valence-corrected chi connectivity index (χ1v) is 8.76. The Hall–Kier alpha value is -2.74. The minimum atomic E-state index is 0.585. The second-order valence-corrected chi connectivity index (χ2v) is 6.88. The Kier molecular flexibility index (Phi) is 3.96. The Balaban J connectivity index is 1.77. The summed E-state index contributed by atoms with van der Waals surface area (Å²) in [5.74, 6) is 1.03. The number of hydrogen-bond acceptors (Lipinski definition) is 2. The number of nitrogens with zero attached hydrogens (tertiary/aromatic N) is 1. The molecule has 0 aliphatic carbocycles. The van der Waals surface area contributed by atoms with Crippen molar-refractivity contribution in [3.05, 3.63) is 82.9 Å². The van der Waals surface area contributed by atoms with Gasteiger partial charge in [0, 0.05) is 23.4 Å². The number of anilines is 1. The van der Waals surface area contributed by atoms with Crippen molar-refractivity contribution in [3.8, 4) is 16.9 Å². The van der Waals surface area contributed by atoms with Gasteiger partial charge in [0.1, 0.15) is 5.75 Å². The zero-order valence-electron chi connectivity index (χ0n) is 15.0. The predicted molar refractivity (Wildman–Crippen MR) is 104 cm³/mol. The Morgan fingerprint density at radius 2 is 1.56 bits per heavy atom. The predicted octanol–water partition coefficient (Wildman–Crippen LogP) is 5.64. The molecule has 0 fully saturated rings. The minimum absolute atomic E-state index is 0.585. The average molecular weight is 329 g/mol. The molecule has 1 aliphatic heterocycles.